The normalized spacial score (nSPS) is 10.7. The van der Waals surface area contributed by atoms with Crippen LogP contribution in [0.3, 0.4) is 0 Å². The number of carbonyl (C=O) groups is 1. The summed E-state index contributed by atoms with van der Waals surface area (Å²) in [6.45, 7) is -0.118. The molecule has 1 aromatic heterocycles. The Balaban J connectivity index is 1.74. The van der Waals surface area contributed by atoms with E-state index in [9.17, 15) is 9.18 Å². The highest BCUT2D eigenvalue weighted by atomic mass is 19.1. The summed E-state index contributed by atoms with van der Waals surface area (Å²) in [7, 11) is 0. The Morgan fingerprint density at radius 3 is 2.43 bits per heavy atom. The van der Waals surface area contributed by atoms with E-state index in [1.54, 1.807) is 36.4 Å². The van der Waals surface area contributed by atoms with Crippen molar-refractivity contribution in [3.63, 3.8) is 0 Å². The number of hydrogen-bond donors (Lipinski definition) is 1. The van der Waals surface area contributed by atoms with E-state index in [2.05, 4.69) is 15.4 Å². The lowest BCUT2D eigenvalue weighted by molar-refractivity contribution is 0.0903. The molecule has 0 aliphatic rings. The van der Waals surface area contributed by atoms with Crippen LogP contribution < -0.4 is 0 Å². The van der Waals surface area contributed by atoms with Gasteiger partial charge in [0.25, 0.3) is 0 Å². The zero-order chi connectivity index (χ0) is 16.2. The molecule has 0 amide bonds. The molecule has 0 radical (unpaired) electrons. The number of benzene rings is 2. The van der Waals surface area contributed by atoms with E-state index in [0.717, 1.165) is 5.56 Å². The molecule has 3 aromatic rings. The zero-order valence-electron chi connectivity index (χ0n) is 12.1. The van der Waals surface area contributed by atoms with Crippen molar-refractivity contribution in [1.82, 2.24) is 20.2 Å². The van der Waals surface area contributed by atoms with Crippen molar-refractivity contribution >= 4 is 5.78 Å². The Labute approximate surface area is 131 Å². The quantitative estimate of drug-likeness (QED) is 0.725. The van der Waals surface area contributed by atoms with E-state index < -0.39 is 6.61 Å². The molecule has 23 heavy (non-hydrogen) atoms. The summed E-state index contributed by atoms with van der Waals surface area (Å²) in [6.07, 6.45) is 0. The van der Waals surface area contributed by atoms with Crippen LogP contribution in [0, 0.1) is 5.82 Å². The first-order valence-electron chi connectivity index (χ1n) is 6.92. The molecule has 116 valence electrons. The molecule has 0 bridgehead atoms. The molecule has 0 fully saturated rings. The van der Waals surface area contributed by atoms with Crippen LogP contribution in [0.15, 0.2) is 48.5 Å². The van der Waals surface area contributed by atoms with Gasteiger partial charge >= 0.3 is 0 Å². The Morgan fingerprint density at radius 1 is 1.09 bits per heavy atom. The SMILES string of the molecule is O=C(CO)c1ccc(Cn2nnc(-c3ccc(F)cc3)n2)cc1. The lowest BCUT2D eigenvalue weighted by Gasteiger charge is -2.01. The fourth-order valence-electron chi connectivity index (χ4n) is 2.08. The van der Waals surface area contributed by atoms with Gasteiger partial charge in [-0.2, -0.15) is 4.80 Å². The minimum absolute atomic E-state index is 0.321. The molecule has 1 heterocycles. The van der Waals surface area contributed by atoms with Crippen LogP contribution in [0.25, 0.3) is 11.4 Å². The molecule has 1 N–H and O–H groups in total. The van der Waals surface area contributed by atoms with Gasteiger partial charge in [0.05, 0.1) is 6.54 Å². The molecule has 3 rings (SSSR count). The van der Waals surface area contributed by atoms with Crippen LogP contribution in [0.5, 0.6) is 0 Å². The van der Waals surface area contributed by atoms with Crippen LogP contribution in [0.4, 0.5) is 4.39 Å². The Hall–Kier alpha value is -2.93. The van der Waals surface area contributed by atoms with Gasteiger partial charge in [-0.15, -0.1) is 10.2 Å². The molecule has 0 aliphatic heterocycles. The van der Waals surface area contributed by atoms with Crippen molar-refractivity contribution in [3.8, 4) is 11.4 Å². The maximum atomic E-state index is 12.9. The Morgan fingerprint density at radius 2 is 1.78 bits per heavy atom. The van der Waals surface area contributed by atoms with Gasteiger partial charge in [0.15, 0.2) is 5.78 Å². The second-order valence-corrected chi connectivity index (χ2v) is 4.93. The standard InChI is InChI=1S/C16H13FN4O2/c17-14-7-5-13(6-8-14)16-18-20-21(19-16)9-11-1-3-12(4-2-11)15(23)10-22/h1-8,22H,9-10H2. The third-order valence-corrected chi connectivity index (χ3v) is 3.30. The predicted octanol–water partition coefficient (Wildman–Crippen LogP) is 1.70. The first-order chi connectivity index (χ1) is 11.2. The van der Waals surface area contributed by atoms with Crippen LogP contribution in [0.1, 0.15) is 15.9 Å². The molecular weight excluding hydrogens is 299 g/mol. The average Bonchev–Trinajstić information content (AvgIpc) is 3.04. The van der Waals surface area contributed by atoms with Gasteiger partial charge in [-0.1, -0.05) is 24.3 Å². The number of tetrazole rings is 1. The summed E-state index contributed by atoms with van der Waals surface area (Å²) >= 11 is 0. The van der Waals surface area contributed by atoms with Crippen LogP contribution in [-0.2, 0) is 6.54 Å². The van der Waals surface area contributed by atoms with Crippen LogP contribution >= 0.6 is 0 Å². The van der Waals surface area contributed by atoms with Gasteiger partial charge in [-0.3, -0.25) is 4.79 Å². The number of rotatable bonds is 5. The topological polar surface area (TPSA) is 80.9 Å². The second-order valence-electron chi connectivity index (χ2n) is 4.93. The Kier molecular flexibility index (Phi) is 4.20. The monoisotopic (exact) mass is 312 g/mol. The van der Waals surface area contributed by atoms with Gasteiger partial charge in [-0.25, -0.2) is 4.39 Å². The fourth-order valence-corrected chi connectivity index (χ4v) is 2.08. The van der Waals surface area contributed by atoms with Crippen LogP contribution in [-0.4, -0.2) is 37.7 Å². The van der Waals surface area contributed by atoms with E-state index >= 15 is 0 Å². The van der Waals surface area contributed by atoms with Crippen molar-refractivity contribution in [3.05, 3.63) is 65.5 Å². The molecule has 2 aromatic carbocycles. The molecule has 0 spiro atoms. The number of ketones is 1. The summed E-state index contributed by atoms with van der Waals surface area (Å²) in [6, 6.07) is 12.7. The molecule has 0 aliphatic carbocycles. The number of Topliss-reactive ketones (excluding diaryl/α,β-unsaturated/α-hetero) is 1. The molecule has 7 heteroatoms. The van der Waals surface area contributed by atoms with E-state index in [4.69, 9.17) is 5.11 Å². The van der Waals surface area contributed by atoms with E-state index in [1.165, 1.54) is 16.9 Å². The largest absolute Gasteiger partial charge is 0.388 e. The van der Waals surface area contributed by atoms with Gasteiger partial charge in [-0.05, 0) is 35.0 Å². The number of aliphatic hydroxyl groups is 1. The van der Waals surface area contributed by atoms with Gasteiger partial charge < -0.3 is 5.11 Å². The van der Waals surface area contributed by atoms with Crippen molar-refractivity contribution in [2.24, 2.45) is 0 Å². The summed E-state index contributed by atoms with van der Waals surface area (Å²) < 4.78 is 12.9. The second kappa shape index (κ2) is 6.45. The highest BCUT2D eigenvalue weighted by Crippen LogP contribution is 2.14. The number of carbonyl (C=O) groups excluding carboxylic acids is 1. The van der Waals surface area contributed by atoms with Crippen molar-refractivity contribution < 1.29 is 14.3 Å². The number of nitrogens with zero attached hydrogens (tertiary/aromatic N) is 4. The van der Waals surface area contributed by atoms with Crippen molar-refractivity contribution in [2.75, 3.05) is 6.61 Å². The van der Waals surface area contributed by atoms with Gasteiger partial charge in [0.1, 0.15) is 12.4 Å². The van der Waals surface area contributed by atoms with E-state index in [1.807, 2.05) is 0 Å². The zero-order valence-corrected chi connectivity index (χ0v) is 12.1. The summed E-state index contributed by atoms with van der Waals surface area (Å²) in [5.41, 5.74) is 2.03. The van der Waals surface area contributed by atoms with Crippen LogP contribution in [0.2, 0.25) is 0 Å². The third kappa shape index (κ3) is 3.46. The summed E-state index contributed by atoms with van der Waals surface area (Å²) in [5.74, 6) is -0.232. The number of aliphatic hydroxyl groups excluding tert-OH is 1. The minimum atomic E-state index is -0.509. The third-order valence-electron chi connectivity index (χ3n) is 3.30. The number of hydrogen-bond acceptors (Lipinski definition) is 5. The highest BCUT2D eigenvalue weighted by molar-refractivity contribution is 5.96. The number of aromatic nitrogens is 4. The van der Waals surface area contributed by atoms with Gasteiger partial charge in [0.2, 0.25) is 5.82 Å². The van der Waals surface area contributed by atoms with E-state index in [-0.39, 0.29) is 11.6 Å². The Bertz CT molecular complexity index is 813. The molecule has 0 atom stereocenters. The summed E-state index contributed by atoms with van der Waals surface area (Å²) in [4.78, 5) is 12.8. The fraction of sp³-hybridized carbons (Fsp3) is 0.125. The minimum Gasteiger partial charge on any atom is -0.388 e. The molecular formula is C16H13FN4O2. The highest BCUT2D eigenvalue weighted by Gasteiger charge is 2.08. The molecule has 0 saturated heterocycles. The summed E-state index contributed by atoms with van der Waals surface area (Å²) in [5, 5.41) is 21.0. The maximum Gasteiger partial charge on any atom is 0.204 e. The van der Waals surface area contributed by atoms with E-state index in [0.29, 0.717) is 23.5 Å². The lowest BCUT2D eigenvalue weighted by atomic mass is 10.1. The first-order valence-corrected chi connectivity index (χ1v) is 6.92. The maximum absolute atomic E-state index is 12.9. The molecule has 0 saturated carbocycles. The average molecular weight is 312 g/mol. The van der Waals surface area contributed by atoms with Crippen molar-refractivity contribution in [1.29, 1.82) is 0 Å². The van der Waals surface area contributed by atoms with Gasteiger partial charge in [0, 0.05) is 11.1 Å². The lowest BCUT2D eigenvalue weighted by Crippen LogP contribution is -2.06. The first kappa shape index (κ1) is 15.0. The predicted molar refractivity (Wildman–Crippen MR) is 80.2 cm³/mol. The smallest absolute Gasteiger partial charge is 0.204 e. The van der Waals surface area contributed by atoms with Crippen molar-refractivity contribution in [2.45, 2.75) is 6.54 Å². The molecule has 0 unspecified atom stereocenters. The molecule has 6 nitrogen and oxygen atoms in total. The number of halogens is 1.